The molecule has 0 fully saturated rings. The van der Waals surface area contributed by atoms with E-state index in [1.807, 2.05) is 0 Å². The summed E-state index contributed by atoms with van der Waals surface area (Å²) in [4.78, 5) is 22.7. The van der Waals surface area contributed by atoms with Gasteiger partial charge in [-0.15, -0.1) is 0 Å². The molecule has 0 spiro atoms. The summed E-state index contributed by atoms with van der Waals surface area (Å²) in [6.07, 6.45) is -2.03. The van der Waals surface area contributed by atoms with E-state index in [0.29, 0.717) is 11.4 Å². The minimum atomic E-state index is -4.96. The van der Waals surface area contributed by atoms with E-state index >= 15 is 0 Å². The van der Waals surface area contributed by atoms with Crippen LogP contribution in [0.2, 0.25) is 0 Å². The maximum absolute atomic E-state index is 12.2. The molecule has 2 rings (SSSR count). The topological polar surface area (TPSA) is 67.4 Å². The van der Waals surface area contributed by atoms with Crippen molar-refractivity contribution in [3.8, 4) is 5.75 Å². The quantitative estimate of drug-likeness (QED) is 0.792. The second-order valence-corrected chi connectivity index (χ2v) is 5.12. The highest BCUT2D eigenvalue weighted by Crippen LogP contribution is 2.19. The van der Waals surface area contributed by atoms with Crippen LogP contribution in [0.1, 0.15) is 5.56 Å². The zero-order chi connectivity index (χ0) is 19.2. The van der Waals surface area contributed by atoms with Gasteiger partial charge < -0.3 is 15.4 Å². The minimum Gasteiger partial charge on any atom is -0.497 e. The van der Waals surface area contributed by atoms with Crippen LogP contribution in [0, 0.1) is 0 Å². The van der Waals surface area contributed by atoms with Crippen LogP contribution in [0.15, 0.2) is 54.6 Å². The van der Waals surface area contributed by atoms with Crippen molar-refractivity contribution in [2.45, 2.75) is 6.18 Å². The number of ether oxygens (including phenoxy) is 1. The molecular formula is C18H15F3N2O3. The number of hydrogen-bond donors (Lipinski definition) is 2. The molecule has 8 heteroatoms. The molecule has 2 aromatic rings. The standard InChI is InChI=1S/C18H15F3N2O3/c1-26-15-9-2-12(3-10-15)4-11-16(24)22-13-5-7-14(8-6-13)23-17(25)18(19,20)21/h2-11H,1H3,(H,22,24)(H,23,25)/b11-4+. The van der Waals surface area contributed by atoms with Crippen molar-refractivity contribution in [3.05, 3.63) is 60.2 Å². The van der Waals surface area contributed by atoms with Crippen molar-refractivity contribution in [2.75, 3.05) is 17.7 Å². The highest BCUT2D eigenvalue weighted by molar-refractivity contribution is 6.02. The molecule has 0 bridgehead atoms. The first-order valence-electron chi connectivity index (χ1n) is 7.39. The number of methoxy groups -OCH3 is 1. The molecule has 2 amide bonds. The Morgan fingerprint density at radius 1 is 0.923 bits per heavy atom. The first-order chi connectivity index (χ1) is 12.3. The second-order valence-electron chi connectivity index (χ2n) is 5.12. The molecule has 0 heterocycles. The number of alkyl halides is 3. The molecule has 2 aromatic carbocycles. The Labute approximate surface area is 147 Å². The average molecular weight is 364 g/mol. The third-order valence-corrected chi connectivity index (χ3v) is 3.21. The number of hydrogen-bond acceptors (Lipinski definition) is 3. The maximum Gasteiger partial charge on any atom is 0.471 e. The minimum absolute atomic E-state index is 0.0286. The number of benzene rings is 2. The molecule has 0 radical (unpaired) electrons. The smallest absolute Gasteiger partial charge is 0.471 e. The Balaban J connectivity index is 1.92. The second kappa shape index (κ2) is 8.19. The molecule has 2 N–H and O–H groups in total. The average Bonchev–Trinajstić information content (AvgIpc) is 2.61. The lowest BCUT2D eigenvalue weighted by Crippen LogP contribution is -2.29. The van der Waals surface area contributed by atoms with E-state index in [0.717, 1.165) is 5.56 Å². The van der Waals surface area contributed by atoms with Gasteiger partial charge in [-0.3, -0.25) is 9.59 Å². The van der Waals surface area contributed by atoms with Crippen molar-refractivity contribution < 1.29 is 27.5 Å². The van der Waals surface area contributed by atoms with E-state index in [4.69, 9.17) is 4.74 Å². The number of nitrogens with one attached hydrogen (secondary N) is 2. The van der Waals surface area contributed by atoms with E-state index in [-0.39, 0.29) is 5.69 Å². The van der Waals surface area contributed by atoms with Gasteiger partial charge in [-0.25, -0.2) is 0 Å². The highest BCUT2D eigenvalue weighted by atomic mass is 19.4. The predicted octanol–water partition coefficient (Wildman–Crippen LogP) is 3.85. The molecule has 136 valence electrons. The fourth-order valence-corrected chi connectivity index (χ4v) is 1.91. The zero-order valence-electron chi connectivity index (χ0n) is 13.6. The fraction of sp³-hybridized carbons (Fsp3) is 0.111. The zero-order valence-corrected chi connectivity index (χ0v) is 13.6. The van der Waals surface area contributed by atoms with E-state index in [1.165, 1.54) is 30.3 Å². The van der Waals surface area contributed by atoms with Crippen LogP contribution in [0.3, 0.4) is 0 Å². The molecule has 0 aliphatic rings. The van der Waals surface area contributed by atoms with Crippen LogP contribution in [0.4, 0.5) is 24.5 Å². The lowest BCUT2D eigenvalue weighted by atomic mass is 10.2. The van der Waals surface area contributed by atoms with Gasteiger partial charge in [0.05, 0.1) is 7.11 Å². The monoisotopic (exact) mass is 364 g/mol. The van der Waals surface area contributed by atoms with E-state index in [9.17, 15) is 22.8 Å². The van der Waals surface area contributed by atoms with Crippen molar-refractivity contribution in [1.29, 1.82) is 0 Å². The summed E-state index contributed by atoms with van der Waals surface area (Å²) in [5, 5.41) is 4.28. The van der Waals surface area contributed by atoms with Crippen LogP contribution in [-0.2, 0) is 9.59 Å². The Bertz CT molecular complexity index is 798. The van der Waals surface area contributed by atoms with E-state index in [2.05, 4.69) is 5.32 Å². The number of halogens is 3. The Kier molecular flexibility index (Phi) is 6.00. The van der Waals surface area contributed by atoms with Gasteiger partial charge in [0.1, 0.15) is 5.75 Å². The van der Waals surface area contributed by atoms with Crippen LogP contribution < -0.4 is 15.4 Å². The van der Waals surface area contributed by atoms with Gasteiger partial charge in [0, 0.05) is 17.5 Å². The van der Waals surface area contributed by atoms with Gasteiger partial charge in [0.25, 0.3) is 0 Å². The van der Waals surface area contributed by atoms with Crippen LogP contribution in [-0.4, -0.2) is 25.1 Å². The summed E-state index contributed by atoms with van der Waals surface area (Å²) < 4.78 is 41.5. The third-order valence-electron chi connectivity index (χ3n) is 3.21. The molecule has 0 saturated heterocycles. The summed E-state index contributed by atoms with van der Waals surface area (Å²) >= 11 is 0. The first-order valence-corrected chi connectivity index (χ1v) is 7.39. The van der Waals surface area contributed by atoms with Gasteiger partial charge in [-0.1, -0.05) is 12.1 Å². The Hall–Kier alpha value is -3.29. The Morgan fingerprint density at radius 3 is 1.96 bits per heavy atom. The van der Waals surface area contributed by atoms with Gasteiger partial charge in [0.15, 0.2) is 0 Å². The third kappa shape index (κ3) is 5.66. The summed E-state index contributed by atoms with van der Waals surface area (Å²) in [6, 6.07) is 12.3. The number of carbonyl (C=O) groups excluding carboxylic acids is 2. The summed E-state index contributed by atoms with van der Waals surface area (Å²) in [6.45, 7) is 0. The first kappa shape index (κ1) is 19.0. The van der Waals surface area contributed by atoms with Crippen molar-refractivity contribution in [3.63, 3.8) is 0 Å². The van der Waals surface area contributed by atoms with Crippen LogP contribution in [0.5, 0.6) is 5.75 Å². The normalized spacial score (nSPS) is 11.2. The SMILES string of the molecule is COc1ccc(/C=C/C(=O)Nc2ccc(NC(=O)C(F)(F)F)cc2)cc1. The molecule has 5 nitrogen and oxygen atoms in total. The van der Waals surface area contributed by atoms with Gasteiger partial charge in [-0.2, -0.15) is 13.2 Å². The van der Waals surface area contributed by atoms with E-state index in [1.54, 1.807) is 42.8 Å². The molecule has 0 saturated carbocycles. The lowest BCUT2D eigenvalue weighted by Gasteiger charge is -2.08. The molecule has 0 unspecified atom stereocenters. The van der Waals surface area contributed by atoms with Gasteiger partial charge in [0.2, 0.25) is 5.91 Å². The lowest BCUT2D eigenvalue weighted by molar-refractivity contribution is -0.167. The summed E-state index contributed by atoms with van der Waals surface area (Å²) in [5.74, 6) is -1.77. The summed E-state index contributed by atoms with van der Waals surface area (Å²) in [5.41, 5.74) is 1.14. The molecule has 0 aliphatic carbocycles. The maximum atomic E-state index is 12.2. The van der Waals surface area contributed by atoms with Crippen molar-refractivity contribution in [2.24, 2.45) is 0 Å². The number of carbonyl (C=O) groups is 2. The number of amides is 2. The van der Waals surface area contributed by atoms with Gasteiger partial charge >= 0.3 is 12.1 Å². The van der Waals surface area contributed by atoms with Gasteiger partial charge in [-0.05, 0) is 48.0 Å². The van der Waals surface area contributed by atoms with Crippen molar-refractivity contribution in [1.82, 2.24) is 0 Å². The van der Waals surface area contributed by atoms with Crippen molar-refractivity contribution >= 4 is 29.3 Å². The molecule has 0 aromatic heterocycles. The van der Waals surface area contributed by atoms with Crippen LogP contribution >= 0.6 is 0 Å². The highest BCUT2D eigenvalue weighted by Gasteiger charge is 2.38. The molecule has 0 atom stereocenters. The van der Waals surface area contributed by atoms with Crippen LogP contribution in [0.25, 0.3) is 6.08 Å². The molecule has 26 heavy (non-hydrogen) atoms. The largest absolute Gasteiger partial charge is 0.497 e. The molecular weight excluding hydrogens is 349 g/mol. The fourth-order valence-electron chi connectivity index (χ4n) is 1.91. The predicted molar refractivity (Wildman–Crippen MR) is 91.8 cm³/mol. The molecule has 0 aliphatic heterocycles. The number of anilines is 2. The summed E-state index contributed by atoms with van der Waals surface area (Å²) in [7, 11) is 1.55. The Morgan fingerprint density at radius 2 is 1.46 bits per heavy atom. The number of rotatable bonds is 5. The van der Waals surface area contributed by atoms with E-state index < -0.39 is 18.0 Å².